The van der Waals surface area contributed by atoms with Gasteiger partial charge in [0.2, 0.25) is 0 Å². The van der Waals surface area contributed by atoms with E-state index >= 15 is 0 Å². The van der Waals surface area contributed by atoms with Gasteiger partial charge in [0, 0.05) is 0 Å². The van der Waals surface area contributed by atoms with E-state index in [0.29, 0.717) is 6.10 Å². The second-order valence-electron chi connectivity index (χ2n) is 1.89. The average Bonchev–Trinajstić information content (AvgIpc) is 1.61. The van der Waals surface area contributed by atoms with Gasteiger partial charge in [-0.05, 0) is 0 Å². The Morgan fingerprint density at radius 2 is 1.88 bits per heavy atom. The molecule has 55 valence electrons. The van der Waals surface area contributed by atoms with Crippen LogP contribution in [0.25, 0.3) is 0 Å². The summed E-state index contributed by atoms with van der Waals surface area (Å²) in [5.41, 5.74) is 0. The zero-order valence-electron chi connectivity index (χ0n) is 5.73. The maximum atomic E-state index is 5.14. The van der Waals surface area contributed by atoms with Crippen molar-refractivity contribution in [1.29, 1.82) is 0 Å². The number of nitrogens with zero attached hydrogens (tertiary/aromatic N) is 1. The molecule has 0 saturated carbocycles. The molecule has 0 radical (unpaired) electrons. The minimum atomic E-state index is 0.303. The minimum absolute atomic E-state index is 0.303. The van der Waals surface area contributed by atoms with E-state index in [2.05, 4.69) is 0 Å². The van der Waals surface area contributed by atoms with E-state index in [1.807, 2.05) is 31.9 Å². The fraction of sp³-hybridized carbons (Fsp3) is 1.00. The van der Waals surface area contributed by atoms with E-state index in [1.165, 1.54) is 15.5 Å². The molecule has 0 aromatic carbocycles. The molecule has 0 N–H and O–H groups in total. The Hall–Kier alpha value is 0.439. The van der Waals surface area contributed by atoms with Gasteiger partial charge < -0.3 is 0 Å². The van der Waals surface area contributed by atoms with Crippen molar-refractivity contribution in [2.24, 2.45) is 0 Å². The Labute approximate surface area is 57.9 Å². The molecule has 0 atom stereocenters. The third kappa shape index (κ3) is 6.44. The summed E-state index contributed by atoms with van der Waals surface area (Å²) in [6.45, 7) is 4.02. The second-order valence-corrected chi connectivity index (χ2v) is 3.13. The van der Waals surface area contributed by atoms with Gasteiger partial charge in [-0.25, -0.2) is 0 Å². The third-order valence-electron chi connectivity index (χ3n) is 0.284. The molecule has 0 fully saturated rings. The van der Waals surface area contributed by atoms with Gasteiger partial charge in [-0.1, -0.05) is 0 Å². The Bertz CT molecular complexity index is 48.4. The molecule has 0 aliphatic carbocycles. The van der Waals surface area contributed by atoms with Gasteiger partial charge in [-0.3, -0.25) is 0 Å². The molecular formula is C5H13CuNO. The normalized spacial score (nSPS) is 11.8. The van der Waals surface area contributed by atoms with Crippen molar-refractivity contribution in [3.8, 4) is 0 Å². The molecule has 0 aromatic rings. The molecule has 0 amide bonds. The molecule has 0 bridgehead atoms. The predicted octanol–water partition coefficient (Wildman–Crippen LogP) is 0.885. The van der Waals surface area contributed by atoms with Crippen LogP contribution >= 0.6 is 0 Å². The molecule has 0 unspecified atom stereocenters. The van der Waals surface area contributed by atoms with Crippen molar-refractivity contribution in [2.75, 3.05) is 14.1 Å². The van der Waals surface area contributed by atoms with Crippen LogP contribution < -0.4 is 0 Å². The summed E-state index contributed by atoms with van der Waals surface area (Å²) in [6, 6.07) is 0. The first kappa shape index (κ1) is 8.44. The summed E-state index contributed by atoms with van der Waals surface area (Å²) in [6.07, 6.45) is 0.303. The predicted molar refractivity (Wildman–Crippen MR) is 29.9 cm³/mol. The van der Waals surface area contributed by atoms with Crippen LogP contribution in [0.2, 0.25) is 0 Å². The SMILES string of the molecule is CC(C)[O][Cu][N](C)C. The van der Waals surface area contributed by atoms with E-state index in [4.69, 9.17) is 3.82 Å². The summed E-state index contributed by atoms with van der Waals surface area (Å²) < 4.78 is 7.04. The van der Waals surface area contributed by atoms with Crippen molar-refractivity contribution in [3.05, 3.63) is 0 Å². The molecule has 2 nitrogen and oxygen atoms in total. The van der Waals surface area contributed by atoms with Gasteiger partial charge >= 0.3 is 57.3 Å². The monoisotopic (exact) mass is 166 g/mol. The van der Waals surface area contributed by atoms with Gasteiger partial charge in [-0.15, -0.1) is 0 Å². The van der Waals surface area contributed by atoms with Crippen LogP contribution in [0.4, 0.5) is 0 Å². The number of rotatable bonds is 3. The van der Waals surface area contributed by atoms with E-state index in [-0.39, 0.29) is 0 Å². The number of hydrogen-bond acceptors (Lipinski definition) is 2. The van der Waals surface area contributed by atoms with E-state index in [1.54, 1.807) is 0 Å². The molecule has 3 heteroatoms. The molecular weight excluding hydrogens is 154 g/mol. The van der Waals surface area contributed by atoms with E-state index in [0.717, 1.165) is 0 Å². The third-order valence-corrected chi connectivity index (χ3v) is 1.17. The van der Waals surface area contributed by atoms with Crippen LogP contribution in [0.5, 0.6) is 0 Å². The van der Waals surface area contributed by atoms with Gasteiger partial charge in [0.1, 0.15) is 0 Å². The molecule has 0 aliphatic rings. The summed E-state index contributed by atoms with van der Waals surface area (Å²) in [4.78, 5) is 0. The zero-order chi connectivity index (χ0) is 6.57. The second kappa shape index (κ2) is 4.33. The Morgan fingerprint density at radius 1 is 1.38 bits per heavy atom. The van der Waals surface area contributed by atoms with E-state index in [9.17, 15) is 0 Å². The number of hydrogen-bond donors (Lipinski definition) is 0. The standard InChI is InChI=1S/C3H7O.C2H6N.Cu/c1-3(2)4;1-3-2;/h3H,1-2H3;1-2H3;/q2*-1;+2. The van der Waals surface area contributed by atoms with Gasteiger partial charge in [0.15, 0.2) is 0 Å². The van der Waals surface area contributed by atoms with Crippen LogP contribution in [0, 0.1) is 0 Å². The zero-order valence-corrected chi connectivity index (χ0v) is 6.68. The topological polar surface area (TPSA) is 12.5 Å². The fourth-order valence-corrected chi connectivity index (χ4v) is 0.524. The van der Waals surface area contributed by atoms with Crippen LogP contribution in [0.1, 0.15) is 13.8 Å². The molecule has 8 heavy (non-hydrogen) atoms. The van der Waals surface area contributed by atoms with Gasteiger partial charge in [0.25, 0.3) is 0 Å². The van der Waals surface area contributed by atoms with Crippen LogP contribution in [-0.4, -0.2) is 24.1 Å². The van der Waals surface area contributed by atoms with Crippen molar-refractivity contribution in [2.45, 2.75) is 20.0 Å². The summed E-state index contributed by atoms with van der Waals surface area (Å²) >= 11 is 1.45. The van der Waals surface area contributed by atoms with Crippen LogP contribution in [0.3, 0.4) is 0 Å². The molecule has 0 heterocycles. The van der Waals surface area contributed by atoms with Crippen molar-refractivity contribution in [3.63, 3.8) is 0 Å². The Balaban J connectivity index is 2.93. The molecule has 0 aromatic heterocycles. The Kier molecular flexibility index (Phi) is 4.57. The molecule has 0 saturated heterocycles. The Morgan fingerprint density at radius 3 is 2.00 bits per heavy atom. The first-order valence-corrected chi connectivity index (χ1v) is 3.35. The average molecular weight is 167 g/mol. The van der Waals surface area contributed by atoms with Crippen LogP contribution in [0.15, 0.2) is 0 Å². The maximum absolute atomic E-state index is 5.14. The summed E-state index contributed by atoms with van der Waals surface area (Å²) in [5, 5.41) is 0. The van der Waals surface area contributed by atoms with Crippen molar-refractivity contribution >= 4 is 0 Å². The molecule has 0 rings (SSSR count). The fourth-order valence-electron chi connectivity index (χ4n) is 0.127. The van der Waals surface area contributed by atoms with Crippen molar-refractivity contribution in [1.82, 2.24) is 3.92 Å². The molecule has 0 spiro atoms. The summed E-state index contributed by atoms with van der Waals surface area (Å²) in [5.74, 6) is 0. The van der Waals surface area contributed by atoms with Gasteiger partial charge in [0.05, 0.1) is 0 Å². The quantitative estimate of drug-likeness (QED) is 0.578. The van der Waals surface area contributed by atoms with Gasteiger partial charge in [-0.2, -0.15) is 0 Å². The first-order valence-electron chi connectivity index (χ1n) is 2.54. The molecule has 0 aliphatic heterocycles. The summed E-state index contributed by atoms with van der Waals surface area (Å²) in [7, 11) is 3.89. The van der Waals surface area contributed by atoms with Crippen molar-refractivity contribution < 1.29 is 19.3 Å². The van der Waals surface area contributed by atoms with E-state index < -0.39 is 0 Å². The van der Waals surface area contributed by atoms with Crippen LogP contribution in [-0.2, 0) is 19.3 Å². The first-order chi connectivity index (χ1) is 3.63.